The molecular formula is C26H27N5O3S. The standard InChI is InChI=1S/C26H27N5O3S/c1-33-19-12-18(13-20(14-19)34-2)24(32)29-22-6-4-3-5-21(22)25-30-23-11-17(15-28-26(23)35-25)16-31-9-7-27-8-10-31/h3-6,11-15,27H,7-10,16H2,1-2H3,(H,29,32). The van der Waals surface area contributed by atoms with Gasteiger partial charge < -0.3 is 20.1 Å². The van der Waals surface area contributed by atoms with E-state index in [9.17, 15) is 4.79 Å². The van der Waals surface area contributed by atoms with Gasteiger partial charge in [-0.25, -0.2) is 9.97 Å². The molecule has 3 heterocycles. The van der Waals surface area contributed by atoms with Crippen molar-refractivity contribution in [2.24, 2.45) is 0 Å². The van der Waals surface area contributed by atoms with Crippen LogP contribution >= 0.6 is 11.3 Å². The molecule has 0 unspecified atom stereocenters. The summed E-state index contributed by atoms with van der Waals surface area (Å²) in [6.07, 6.45) is 1.94. The smallest absolute Gasteiger partial charge is 0.255 e. The van der Waals surface area contributed by atoms with E-state index in [2.05, 4.69) is 26.6 Å². The second-order valence-corrected chi connectivity index (χ2v) is 9.29. The highest BCUT2D eigenvalue weighted by Crippen LogP contribution is 2.34. The van der Waals surface area contributed by atoms with E-state index in [4.69, 9.17) is 14.5 Å². The number of hydrogen-bond donors (Lipinski definition) is 2. The molecule has 9 heteroatoms. The number of pyridine rings is 1. The van der Waals surface area contributed by atoms with Crippen LogP contribution in [0.2, 0.25) is 0 Å². The zero-order chi connectivity index (χ0) is 24.2. The zero-order valence-electron chi connectivity index (χ0n) is 19.7. The van der Waals surface area contributed by atoms with Gasteiger partial charge in [-0.1, -0.05) is 23.5 Å². The Morgan fingerprint density at radius 3 is 2.57 bits per heavy atom. The number of carbonyl (C=O) groups is 1. The molecule has 1 aliphatic heterocycles. The van der Waals surface area contributed by atoms with Crippen LogP contribution in [0.25, 0.3) is 20.9 Å². The zero-order valence-corrected chi connectivity index (χ0v) is 20.5. The number of carbonyl (C=O) groups excluding carboxylic acids is 1. The van der Waals surface area contributed by atoms with E-state index in [1.165, 1.54) is 11.3 Å². The molecule has 0 atom stereocenters. The van der Waals surface area contributed by atoms with Gasteiger partial charge in [0.05, 0.1) is 19.9 Å². The summed E-state index contributed by atoms with van der Waals surface area (Å²) in [6, 6.07) is 14.9. The maximum atomic E-state index is 13.1. The number of anilines is 1. The molecule has 2 N–H and O–H groups in total. The maximum absolute atomic E-state index is 13.1. The van der Waals surface area contributed by atoms with Crippen LogP contribution in [0.3, 0.4) is 0 Å². The van der Waals surface area contributed by atoms with Crippen molar-refractivity contribution in [3.8, 4) is 22.1 Å². The van der Waals surface area contributed by atoms with E-state index >= 15 is 0 Å². The Labute approximate surface area is 207 Å². The minimum Gasteiger partial charge on any atom is -0.497 e. The summed E-state index contributed by atoms with van der Waals surface area (Å²) >= 11 is 1.52. The third-order valence-electron chi connectivity index (χ3n) is 5.94. The highest BCUT2D eigenvalue weighted by Gasteiger charge is 2.16. The van der Waals surface area contributed by atoms with E-state index in [0.29, 0.717) is 22.7 Å². The molecule has 0 bridgehead atoms. The first-order valence-electron chi connectivity index (χ1n) is 11.5. The summed E-state index contributed by atoms with van der Waals surface area (Å²) in [4.78, 5) is 25.9. The Hall–Kier alpha value is -3.53. The van der Waals surface area contributed by atoms with E-state index in [1.807, 2.05) is 30.5 Å². The number of para-hydroxylation sites is 1. The summed E-state index contributed by atoms with van der Waals surface area (Å²) in [6.45, 7) is 4.97. The largest absolute Gasteiger partial charge is 0.497 e. The predicted octanol–water partition coefficient (Wildman–Crippen LogP) is 4.03. The van der Waals surface area contributed by atoms with Crippen LogP contribution in [-0.2, 0) is 6.54 Å². The lowest BCUT2D eigenvalue weighted by atomic mass is 10.1. The fourth-order valence-corrected chi connectivity index (χ4v) is 5.04. The molecule has 1 amide bonds. The number of aromatic nitrogens is 2. The number of hydrogen-bond acceptors (Lipinski definition) is 8. The second-order valence-electron chi connectivity index (χ2n) is 8.31. The van der Waals surface area contributed by atoms with Gasteiger partial charge in [0.15, 0.2) is 0 Å². The fourth-order valence-electron chi connectivity index (χ4n) is 4.11. The van der Waals surface area contributed by atoms with Crippen molar-refractivity contribution in [3.63, 3.8) is 0 Å². The number of nitrogens with zero attached hydrogens (tertiary/aromatic N) is 3. The fraction of sp³-hybridized carbons (Fsp3) is 0.269. The highest BCUT2D eigenvalue weighted by atomic mass is 32.1. The first kappa shape index (κ1) is 23.2. The van der Waals surface area contributed by atoms with Crippen molar-refractivity contribution < 1.29 is 14.3 Å². The number of ether oxygens (including phenoxy) is 2. The molecular weight excluding hydrogens is 462 g/mol. The van der Waals surface area contributed by atoms with Gasteiger partial charge in [0.1, 0.15) is 26.9 Å². The van der Waals surface area contributed by atoms with Gasteiger partial charge in [-0.3, -0.25) is 9.69 Å². The Morgan fingerprint density at radius 1 is 1.09 bits per heavy atom. The van der Waals surface area contributed by atoms with Gasteiger partial charge in [0.25, 0.3) is 5.91 Å². The third-order valence-corrected chi connectivity index (χ3v) is 6.95. The van der Waals surface area contributed by atoms with Crippen LogP contribution in [0, 0.1) is 0 Å². The van der Waals surface area contributed by atoms with Gasteiger partial charge in [-0.15, -0.1) is 0 Å². The molecule has 0 spiro atoms. The summed E-state index contributed by atoms with van der Waals surface area (Å²) in [7, 11) is 3.12. The maximum Gasteiger partial charge on any atom is 0.255 e. The van der Waals surface area contributed by atoms with E-state index in [1.54, 1.807) is 32.4 Å². The van der Waals surface area contributed by atoms with Crippen LogP contribution in [0.5, 0.6) is 11.5 Å². The average molecular weight is 490 g/mol. The van der Waals surface area contributed by atoms with Crippen molar-refractivity contribution in [1.29, 1.82) is 0 Å². The molecule has 0 aliphatic carbocycles. The van der Waals surface area contributed by atoms with Gasteiger partial charge in [0, 0.05) is 56.1 Å². The van der Waals surface area contributed by atoms with Crippen LogP contribution in [-0.4, -0.2) is 61.2 Å². The van der Waals surface area contributed by atoms with Crippen molar-refractivity contribution in [3.05, 3.63) is 65.9 Å². The van der Waals surface area contributed by atoms with Crippen LogP contribution < -0.4 is 20.1 Å². The summed E-state index contributed by atoms with van der Waals surface area (Å²) < 4.78 is 10.6. The molecule has 0 radical (unpaired) electrons. The number of fused-ring (bicyclic) bond motifs is 1. The van der Waals surface area contributed by atoms with Gasteiger partial charge in [0.2, 0.25) is 0 Å². The third kappa shape index (κ3) is 5.27. The quantitative estimate of drug-likeness (QED) is 0.405. The molecule has 1 fully saturated rings. The monoisotopic (exact) mass is 489 g/mol. The molecule has 1 aliphatic rings. The minimum absolute atomic E-state index is 0.257. The van der Waals surface area contributed by atoms with Crippen LogP contribution in [0.1, 0.15) is 15.9 Å². The molecule has 4 aromatic rings. The first-order chi connectivity index (χ1) is 17.1. The lowest BCUT2D eigenvalue weighted by Gasteiger charge is -2.26. The molecule has 0 saturated carbocycles. The highest BCUT2D eigenvalue weighted by molar-refractivity contribution is 7.21. The Kier molecular flexibility index (Phi) is 6.89. The van der Waals surface area contributed by atoms with Gasteiger partial charge >= 0.3 is 0 Å². The molecule has 2 aromatic heterocycles. The number of thiazole rings is 1. The number of methoxy groups -OCH3 is 2. The normalized spacial score (nSPS) is 14.1. The van der Waals surface area contributed by atoms with Crippen LogP contribution in [0.4, 0.5) is 5.69 Å². The van der Waals surface area contributed by atoms with Crippen molar-refractivity contribution in [2.75, 3.05) is 45.7 Å². The second kappa shape index (κ2) is 10.4. The topological polar surface area (TPSA) is 88.6 Å². The molecule has 35 heavy (non-hydrogen) atoms. The molecule has 180 valence electrons. The van der Waals surface area contributed by atoms with Crippen molar-refractivity contribution >= 4 is 33.3 Å². The van der Waals surface area contributed by atoms with E-state index in [-0.39, 0.29) is 5.91 Å². The number of rotatable bonds is 7. The SMILES string of the molecule is COc1cc(OC)cc(C(=O)Nc2ccccc2-c2nc3cc(CN4CCNCC4)cnc3s2)c1. The number of nitrogens with one attached hydrogen (secondary N) is 2. The summed E-state index contributed by atoms with van der Waals surface area (Å²) in [5.74, 6) is 0.848. The Balaban J connectivity index is 1.40. The summed E-state index contributed by atoms with van der Waals surface area (Å²) in [5, 5.41) is 7.21. The van der Waals surface area contributed by atoms with Crippen LogP contribution in [0.15, 0.2) is 54.7 Å². The number of benzene rings is 2. The minimum atomic E-state index is -0.257. The average Bonchev–Trinajstić information content (AvgIpc) is 3.32. The first-order valence-corrected chi connectivity index (χ1v) is 12.3. The van der Waals surface area contributed by atoms with Crippen molar-refractivity contribution in [2.45, 2.75) is 6.54 Å². The van der Waals surface area contributed by atoms with Gasteiger partial charge in [-0.05, 0) is 35.9 Å². The van der Waals surface area contributed by atoms with Gasteiger partial charge in [-0.2, -0.15) is 0 Å². The Bertz CT molecular complexity index is 1330. The molecule has 8 nitrogen and oxygen atoms in total. The number of amides is 1. The lowest BCUT2D eigenvalue weighted by Crippen LogP contribution is -2.42. The van der Waals surface area contributed by atoms with Crippen molar-refractivity contribution in [1.82, 2.24) is 20.2 Å². The lowest BCUT2D eigenvalue weighted by molar-refractivity contribution is 0.102. The Morgan fingerprint density at radius 2 is 1.83 bits per heavy atom. The van der Waals surface area contributed by atoms with E-state index < -0.39 is 0 Å². The van der Waals surface area contributed by atoms with E-state index in [0.717, 1.165) is 59.2 Å². The molecule has 1 saturated heterocycles. The molecule has 5 rings (SSSR count). The summed E-state index contributed by atoms with van der Waals surface area (Å²) in [5.41, 5.74) is 4.00. The predicted molar refractivity (Wildman–Crippen MR) is 138 cm³/mol. The number of piperazine rings is 1. The molecule has 2 aromatic carbocycles.